The lowest BCUT2D eigenvalue weighted by molar-refractivity contribution is -0.149. The van der Waals surface area contributed by atoms with E-state index >= 15 is 0 Å². The largest absolute Gasteiger partial charge is 0.486 e. The monoisotopic (exact) mass is 313 g/mol. The quantitative estimate of drug-likeness (QED) is 0.756. The highest BCUT2D eigenvalue weighted by Gasteiger charge is 2.35. The highest BCUT2D eigenvalue weighted by Crippen LogP contribution is 2.30. The number of rotatable bonds is 8. The molecular weight excluding hydrogens is 290 g/mol. The third kappa shape index (κ3) is 5.11. The third-order valence-corrected chi connectivity index (χ3v) is 3.75. The predicted octanol–water partition coefficient (Wildman–Crippen LogP) is 3.65. The zero-order valence-electron chi connectivity index (χ0n) is 13.4. The lowest BCUT2D eigenvalue weighted by atomic mass is 9.86. The van der Waals surface area contributed by atoms with E-state index in [4.69, 9.17) is 10.6 Å². The number of hydrogen-bond donors (Lipinski definition) is 1. The molecule has 4 heteroatoms. The molecule has 2 N–H and O–H groups in total. The first-order chi connectivity index (χ1) is 11.2. The molecule has 0 heterocycles. The molecule has 2 aromatic rings. The summed E-state index contributed by atoms with van der Waals surface area (Å²) in [5, 5.41) is 0. The second-order valence-electron chi connectivity index (χ2n) is 5.68. The minimum atomic E-state index is -0.673. The molecule has 1 atom stereocenters. The minimum absolute atomic E-state index is 0.112. The van der Waals surface area contributed by atoms with Gasteiger partial charge in [-0.05, 0) is 24.1 Å². The van der Waals surface area contributed by atoms with Gasteiger partial charge in [-0.2, -0.15) is 5.90 Å². The van der Waals surface area contributed by atoms with Crippen LogP contribution in [0.1, 0.15) is 31.7 Å². The Morgan fingerprint density at radius 2 is 1.65 bits per heavy atom. The summed E-state index contributed by atoms with van der Waals surface area (Å²) in [5.41, 5.74) is 0.440. The topological polar surface area (TPSA) is 61.5 Å². The maximum absolute atomic E-state index is 11.9. The zero-order chi connectivity index (χ0) is 16.5. The second kappa shape index (κ2) is 8.34. The van der Waals surface area contributed by atoms with Crippen LogP contribution in [0.15, 0.2) is 60.7 Å². The van der Waals surface area contributed by atoms with Crippen LogP contribution in [0.2, 0.25) is 0 Å². The molecule has 0 aromatic heterocycles. The van der Waals surface area contributed by atoms with Crippen LogP contribution in [-0.4, -0.2) is 11.6 Å². The molecule has 0 saturated heterocycles. The Labute approximate surface area is 137 Å². The zero-order valence-corrected chi connectivity index (χ0v) is 13.4. The van der Waals surface area contributed by atoms with E-state index in [2.05, 4.69) is 11.8 Å². The van der Waals surface area contributed by atoms with Gasteiger partial charge in [0.05, 0.1) is 6.42 Å². The minimum Gasteiger partial charge on any atom is -0.486 e. The van der Waals surface area contributed by atoms with Crippen LogP contribution in [0.4, 0.5) is 0 Å². The van der Waals surface area contributed by atoms with Crippen molar-refractivity contribution < 1.29 is 14.4 Å². The summed E-state index contributed by atoms with van der Waals surface area (Å²) in [6.07, 6.45) is 2.34. The van der Waals surface area contributed by atoms with E-state index in [9.17, 15) is 4.79 Å². The Morgan fingerprint density at radius 1 is 1.04 bits per heavy atom. The van der Waals surface area contributed by atoms with Crippen molar-refractivity contribution in [2.45, 2.75) is 38.2 Å². The Hall–Kier alpha value is -2.33. The molecule has 0 spiro atoms. The van der Waals surface area contributed by atoms with Crippen molar-refractivity contribution in [2.75, 3.05) is 0 Å². The molecule has 122 valence electrons. The second-order valence-corrected chi connectivity index (χ2v) is 5.68. The molecular formula is C19H23NO3. The van der Waals surface area contributed by atoms with Gasteiger partial charge in [-0.3, -0.25) is 4.79 Å². The Bertz CT molecular complexity index is 557. The van der Waals surface area contributed by atoms with E-state index in [0.717, 1.165) is 24.2 Å². The van der Waals surface area contributed by atoms with Crippen LogP contribution in [0.5, 0.6) is 5.75 Å². The Kier molecular flexibility index (Phi) is 6.18. The first kappa shape index (κ1) is 17.0. The number of carbonyl (C=O) groups is 1. The number of para-hydroxylation sites is 1. The number of nitrogens with two attached hydrogens (primary N) is 1. The third-order valence-electron chi connectivity index (χ3n) is 3.75. The summed E-state index contributed by atoms with van der Waals surface area (Å²) >= 11 is 0. The first-order valence-electron chi connectivity index (χ1n) is 7.85. The number of hydrogen-bond acceptors (Lipinski definition) is 4. The molecule has 0 aliphatic heterocycles. The molecule has 0 radical (unpaired) electrons. The summed E-state index contributed by atoms with van der Waals surface area (Å²) in [6, 6.07) is 19.5. The van der Waals surface area contributed by atoms with Gasteiger partial charge >= 0.3 is 5.97 Å². The molecule has 0 saturated carbocycles. The number of ether oxygens (including phenoxy) is 1. The van der Waals surface area contributed by atoms with E-state index in [0.29, 0.717) is 6.42 Å². The van der Waals surface area contributed by atoms with Crippen LogP contribution in [0, 0.1) is 0 Å². The van der Waals surface area contributed by atoms with Crippen molar-refractivity contribution in [3.05, 3.63) is 66.2 Å². The lowest BCUT2D eigenvalue weighted by Crippen LogP contribution is -2.41. The molecule has 0 aliphatic carbocycles. The first-order valence-corrected chi connectivity index (χ1v) is 7.85. The SMILES string of the molecule is CCCC(CC(=O)ON)(Cc1ccccc1)Oc1ccccc1. The lowest BCUT2D eigenvalue weighted by Gasteiger charge is -2.34. The smallest absolute Gasteiger partial charge is 0.328 e. The van der Waals surface area contributed by atoms with Gasteiger partial charge in [0.15, 0.2) is 0 Å². The van der Waals surface area contributed by atoms with Crippen LogP contribution in [0.3, 0.4) is 0 Å². The normalized spacial score (nSPS) is 13.1. The summed E-state index contributed by atoms with van der Waals surface area (Å²) in [4.78, 5) is 16.3. The summed E-state index contributed by atoms with van der Waals surface area (Å²) in [6.45, 7) is 2.07. The average molecular weight is 313 g/mol. The van der Waals surface area contributed by atoms with Gasteiger partial charge < -0.3 is 9.57 Å². The van der Waals surface area contributed by atoms with E-state index in [1.54, 1.807) is 0 Å². The Balaban J connectivity index is 2.30. The molecule has 0 bridgehead atoms. The van der Waals surface area contributed by atoms with Gasteiger partial charge in [0, 0.05) is 6.42 Å². The average Bonchev–Trinajstić information content (AvgIpc) is 2.56. The molecule has 4 nitrogen and oxygen atoms in total. The number of carbonyl (C=O) groups excluding carboxylic acids is 1. The van der Waals surface area contributed by atoms with Gasteiger partial charge in [-0.1, -0.05) is 61.9 Å². The van der Waals surface area contributed by atoms with Crippen molar-refractivity contribution in [1.29, 1.82) is 0 Å². The standard InChI is InChI=1S/C19H23NO3/c1-2-13-19(15-18(21)23-20,14-16-9-5-3-6-10-16)22-17-11-7-4-8-12-17/h3-12H,2,13-15,20H2,1H3. The van der Waals surface area contributed by atoms with Crippen LogP contribution in [-0.2, 0) is 16.1 Å². The van der Waals surface area contributed by atoms with Crippen LogP contribution in [0.25, 0.3) is 0 Å². The maximum Gasteiger partial charge on any atom is 0.328 e. The van der Waals surface area contributed by atoms with E-state index in [-0.39, 0.29) is 6.42 Å². The maximum atomic E-state index is 11.9. The van der Waals surface area contributed by atoms with Crippen LogP contribution < -0.4 is 10.6 Å². The molecule has 0 amide bonds. The molecule has 23 heavy (non-hydrogen) atoms. The van der Waals surface area contributed by atoms with Crippen molar-refractivity contribution >= 4 is 5.97 Å². The van der Waals surface area contributed by atoms with E-state index in [1.165, 1.54) is 0 Å². The molecule has 2 rings (SSSR count). The van der Waals surface area contributed by atoms with Crippen LogP contribution >= 0.6 is 0 Å². The van der Waals surface area contributed by atoms with E-state index in [1.807, 2.05) is 60.7 Å². The fourth-order valence-electron chi connectivity index (χ4n) is 2.83. The van der Waals surface area contributed by atoms with Crippen molar-refractivity contribution in [3.8, 4) is 5.75 Å². The molecule has 2 aromatic carbocycles. The Morgan fingerprint density at radius 3 is 2.22 bits per heavy atom. The summed E-state index contributed by atoms with van der Waals surface area (Å²) in [7, 11) is 0. The highest BCUT2D eigenvalue weighted by molar-refractivity contribution is 5.70. The van der Waals surface area contributed by atoms with Crippen molar-refractivity contribution in [1.82, 2.24) is 0 Å². The van der Waals surface area contributed by atoms with Gasteiger partial charge in [0.25, 0.3) is 0 Å². The fraction of sp³-hybridized carbons (Fsp3) is 0.316. The van der Waals surface area contributed by atoms with Crippen molar-refractivity contribution in [2.24, 2.45) is 5.90 Å². The van der Waals surface area contributed by atoms with Gasteiger partial charge in [-0.15, -0.1) is 0 Å². The summed E-state index contributed by atoms with van der Waals surface area (Å²) < 4.78 is 6.26. The molecule has 0 fully saturated rings. The van der Waals surface area contributed by atoms with E-state index < -0.39 is 11.6 Å². The number of benzene rings is 2. The molecule has 1 unspecified atom stereocenters. The van der Waals surface area contributed by atoms with Gasteiger partial charge in [-0.25, -0.2) is 0 Å². The highest BCUT2D eigenvalue weighted by atomic mass is 16.7. The van der Waals surface area contributed by atoms with Crippen molar-refractivity contribution in [3.63, 3.8) is 0 Å². The predicted molar refractivity (Wildman–Crippen MR) is 89.8 cm³/mol. The summed E-state index contributed by atoms with van der Waals surface area (Å²) in [5.74, 6) is 5.33. The molecule has 0 aliphatic rings. The van der Waals surface area contributed by atoms with Gasteiger partial charge in [0.2, 0.25) is 0 Å². The van der Waals surface area contributed by atoms with Gasteiger partial charge in [0.1, 0.15) is 11.4 Å². The fourth-order valence-corrected chi connectivity index (χ4v) is 2.83.